The largest absolute Gasteiger partial charge is 0.417 e. The quantitative estimate of drug-likeness (QED) is 0.694. The van der Waals surface area contributed by atoms with E-state index in [2.05, 4.69) is 15.4 Å². The smallest absolute Gasteiger partial charge is 0.332 e. The molecule has 152 valence electrons. The minimum Gasteiger partial charge on any atom is -0.332 e. The number of anilines is 1. The monoisotopic (exact) mass is 425 g/mol. The van der Waals surface area contributed by atoms with Crippen LogP contribution in [0.4, 0.5) is 18.9 Å². The number of amides is 2. The average molecular weight is 426 g/mol. The molecule has 0 saturated heterocycles. The molecule has 0 saturated carbocycles. The predicted octanol–water partition coefficient (Wildman–Crippen LogP) is 3.42. The zero-order valence-electron chi connectivity index (χ0n) is 15.3. The van der Waals surface area contributed by atoms with Gasteiger partial charge in [0.1, 0.15) is 5.56 Å². The van der Waals surface area contributed by atoms with Gasteiger partial charge in [0, 0.05) is 25.1 Å². The van der Waals surface area contributed by atoms with Crippen LogP contribution in [-0.4, -0.2) is 44.9 Å². The number of halogens is 4. The number of aromatic nitrogens is 3. The SMILES string of the molecule is Cc1nn2cccnc2c1C(=O)N(C)CC(=O)Nc1ccc(Cl)c(C(F)(F)F)c1. The van der Waals surface area contributed by atoms with Gasteiger partial charge in [0.2, 0.25) is 5.91 Å². The van der Waals surface area contributed by atoms with Crippen molar-refractivity contribution < 1.29 is 22.8 Å². The first-order chi connectivity index (χ1) is 13.6. The third-order valence-electron chi connectivity index (χ3n) is 4.07. The molecular weight excluding hydrogens is 411 g/mol. The summed E-state index contributed by atoms with van der Waals surface area (Å²) in [7, 11) is 1.40. The summed E-state index contributed by atoms with van der Waals surface area (Å²) in [6.07, 6.45) is -1.51. The highest BCUT2D eigenvalue weighted by Crippen LogP contribution is 2.36. The Hall–Kier alpha value is -3.14. The molecule has 0 aliphatic carbocycles. The van der Waals surface area contributed by atoms with Gasteiger partial charge in [-0.2, -0.15) is 18.3 Å². The Morgan fingerprint density at radius 1 is 1.31 bits per heavy atom. The average Bonchev–Trinajstić information content (AvgIpc) is 2.97. The number of carbonyl (C=O) groups is 2. The molecule has 2 aromatic heterocycles. The normalized spacial score (nSPS) is 11.5. The van der Waals surface area contributed by atoms with Gasteiger partial charge < -0.3 is 10.2 Å². The summed E-state index contributed by atoms with van der Waals surface area (Å²) < 4.78 is 40.3. The van der Waals surface area contributed by atoms with Crippen LogP contribution in [0, 0.1) is 6.92 Å². The third-order valence-corrected chi connectivity index (χ3v) is 4.40. The summed E-state index contributed by atoms with van der Waals surface area (Å²) in [5.74, 6) is -1.16. The lowest BCUT2D eigenvalue weighted by molar-refractivity contribution is -0.137. The summed E-state index contributed by atoms with van der Waals surface area (Å²) in [4.78, 5) is 30.2. The van der Waals surface area contributed by atoms with Crippen molar-refractivity contribution in [2.24, 2.45) is 0 Å². The zero-order valence-corrected chi connectivity index (χ0v) is 16.0. The molecule has 1 N–H and O–H groups in total. The molecule has 29 heavy (non-hydrogen) atoms. The van der Waals surface area contributed by atoms with Crippen molar-refractivity contribution in [2.75, 3.05) is 18.9 Å². The summed E-state index contributed by atoms with van der Waals surface area (Å²) in [5.41, 5.74) is -0.120. The Morgan fingerprint density at radius 3 is 2.72 bits per heavy atom. The fourth-order valence-electron chi connectivity index (χ4n) is 2.75. The number of carbonyl (C=O) groups excluding carboxylic acids is 2. The molecule has 1 aromatic carbocycles. The summed E-state index contributed by atoms with van der Waals surface area (Å²) in [6, 6.07) is 4.69. The van der Waals surface area contributed by atoms with E-state index >= 15 is 0 Å². The molecular formula is C18H15ClF3N5O2. The number of likely N-dealkylation sites (N-methyl/N-ethyl adjacent to an activating group) is 1. The molecule has 0 radical (unpaired) electrons. The van der Waals surface area contributed by atoms with Gasteiger partial charge in [-0.3, -0.25) is 9.59 Å². The number of benzene rings is 1. The Balaban J connectivity index is 1.74. The molecule has 0 aliphatic heterocycles. The zero-order chi connectivity index (χ0) is 21.3. The maximum absolute atomic E-state index is 12.9. The predicted molar refractivity (Wildman–Crippen MR) is 99.8 cm³/mol. The molecule has 0 fully saturated rings. The van der Waals surface area contributed by atoms with E-state index in [1.165, 1.54) is 23.8 Å². The fourth-order valence-corrected chi connectivity index (χ4v) is 2.97. The maximum atomic E-state index is 12.9. The van der Waals surface area contributed by atoms with E-state index in [9.17, 15) is 22.8 Å². The van der Waals surface area contributed by atoms with E-state index in [0.717, 1.165) is 17.0 Å². The number of fused-ring (bicyclic) bond motifs is 1. The Morgan fingerprint density at radius 2 is 2.03 bits per heavy atom. The van der Waals surface area contributed by atoms with E-state index < -0.39 is 28.6 Å². The first-order valence-electron chi connectivity index (χ1n) is 8.30. The third kappa shape index (κ3) is 4.32. The highest BCUT2D eigenvalue weighted by molar-refractivity contribution is 6.31. The Bertz CT molecular complexity index is 1100. The van der Waals surface area contributed by atoms with Gasteiger partial charge in [-0.05, 0) is 31.2 Å². The topological polar surface area (TPSA) is 79.6 Å². The molecule has 0 spiro atoms. The maximum Gasteiger partial charge on any atom is 0.417 e. The van der Waals surface area contributed by atoms with Crippen molar-refractivity contribution in [1.82, 2.24) is 19.5 Å². The lowest BCUT2D eigenvalue weighted by Gasteiger charge is -2.17. The minimum atomic E-state index is -4.65. The standard InChI is InChI=1S/C18H15ClF3N5O2/c1-10-15(16-23-6-3-7-27(16)25-10)17(29)26(2)9-14(28)24-11-4-5-13(19)12(8-11)18(20,21)22/h3-8H,9H2,1-2H3,(H,24,28). The van der Waals surface area contributed by atoms with E-state index in [0.29, 0.717) is 11.3 Å². The van der Waals surface area contributed by atoms with Crippen LogP contribution in [0.5, 0.6) is 0 Å². The molecule has 0 bridgehead atoms. The molecule has 3 aromatic rings. The van der Waals surface area contributed by atoms with E-state index in [4.69, 9.17) is 11.6 Å². The summed E-state index contributed by atoms with van der Waals surface area (Å²) in [5, 5.41) is 6.05. The Labute approximate surface area is 168 Å². The lowest BCUT2D eigenvalue weighted by Crippen LogP contribution is -2.35. The van der Waals surface area contributed by atoms with Gasteiger partial charge in [-0.1, -0.05) is 11.6 Å². The van der Waals surface area contributed by atoms with E-state index in [-0.39, 0.29) is 17.8 Å². The van der Waals surface area contributed by atoms with Gasteiger partial charge >= 0.3 is 6.18 Å². The van der Waals surface area contributed by atoms with Gasteiger partial charge in [-0.15, -0.1) is 0 Å². The van der Waals surface area contributed by atoms with Crippen LogP contribution < -0.4 is 5.32 Å². The van der Waals surface area contributed by atoms with Gasteiger partial charge in [0.25, 0.3) is 5.91 Å². The van der Waals surface area contributed by atoms with Crippen molar-refractivity contribution in [1.29, 1.82) is 0 Å². The first kappa shape index (κ1) is 20.6. The number of hydrogen-bond donors (Lipinski definition) is 1. The number of alkyl halides is 3. The van der Waals surface area contributed by atoms with Crippen molar-refractivity contribution in [3.05, 3.63) is 58.5 Å². The van der Waals surface area contributed by atoms with Gasteiger partial charge in [0.05, 0.1) is 22.8 Å². The highest BCUT2D eigenvalue weighted by Gasteiger charge is 2.33. The van der Waals surface area contributed by atoms with E-state index in [1.807, 2.05) is 0 Å². The van der Waals surface area contributed by atoms with E-state index in [1.54, 1.807) is 19.2 Å². The van der Waals surface area contributed by atoms with Gasteiger partial charge in [0.15, 0.2) is 5.65 Å². The summed E-state index contributed by atoms with van der Waals surface area (Å²) >= 11 is 5.56. The second kappa shape index (κ2) is 7.70. The Kier molecular flexibility index (Phi) is 5.47. The second-order valence-electron chi connectivity index (χ2n) is 6.25. The lowest BCUT2D eigenvalue weighted by atomic mass is 10.2. The van der Waals surface area contributed by atoms with Crippen molar-refractivity contribution in [2.45, 2.75) is 13.1 Å². The van der Waals surface area contributed by atoms with Crippen LogP contribution in [0.25, 0.3) is 5.65 Å². The van der Waals surface area contributed by atoms with Crippen LogP contribution >= 0.6 is 11.6 Å². The number of aryl methyl sites for hydroxylation is 1. The number of hydrogen-bond acceptors (Lipinski definition) is 4. The minimum absolute atomic E-state index is 0.0820. The molecule has 0 aliphatic rings. The summed E-state index contributed by atoms with van der Waals surface area (Å²) in [6.45, 7) is 1.26. The molecule has 2 amide bonds. The van der Waals surface area contributed by atoms with Gasteiger partial charge in [-0.25, -0.2) is 9.50 Å². The number of nitrogens with one attached hydrogen (secondary N) is 1. The molecule has 2 heterocycles. The van der Waals surface area contributed by atoms with Crippen LogP contribution in [-0.2, 0) is 11.0 Å². The number of rotatable bonds is 4. The first-order valence-corrected chi connectivity index (χ1v) is 8.67. The van der Waals surface area contributed by atoms with Crippen LogP contribution in [0.3, 0.4) is 0 Å². The number of nitrogens with zero attached hydrogens (tertiary/aromatic N) is 4. The second-order valence-corrected chi connectivity index (χ2v) is 6.66. The van der Waals surface area contributed by atoms with Crippen LogP contribution in [0.15, 0.2) is 36.7 Å². The van der Waals surface area contributed by atoms with Crippen molar-refractivity contribution in [3.8, 4) is 0 Å². The van der Waals surface area contributed by atoms with Crippen molar-refractivity contribution >= 4 is 34.7 Å². The highest BCUT2D eigenvalue weighted by atomic mass is 35.5. The molecule has 7 nitrogen and oxygen atoms in total. The molecule has 0 unspecified atom stereocenters. The molecule has 11 heteroatoms. The molecule has 0 atom stereocenters. The molecule has 3 rings (SSSR count). The van der Waals surface area contributed by atoms with Crippen LogP contribution in [0.1, 0.15) is 21.6 Å². The van der Waals surface area contributed by atoms with Crippen molar-refractivity contribution in [3.63, 3.8) is 0 Å². The fraction of sp³-hybridized carbons (Fsp3) is 0.222. The van der Waals surface area contributed by atoms with Crippen LogP contribution in [0.2, 0.25) is 5.02 Å².